The first-order chi connectivity index (χ1) is 10.6. The van der Waals surface area contributed by atoms with Crippen LogP contribution < -0.4 is 10.9 Å². The normalized spacial score (nSPS) is 15.7. The predicted octanol–water partition coefficient (Wildman–Crippen LogP) is 0.894. The van der Waals surface area contributed by atoms with Crippen LogP contribution in [0.4, 0.5) is 0 Å². The molecule has 0 aromatic carbocycles. The SMILES string of the molecule is Cc1cccn2c(=O)c(C(=O)NC(CCO)C3CC3)cnc12. The molecular weight excluding hydrogens is 282 g/mol. The molecule has 6 heteroatoms. The van der Waals surface area contributed by atoms with E-state index in [1.165, 1.54) is 10.6 Å². The summed E-state index contributed by atoms with van der Waals surface area (Å²) < 4.78 is 1.39. The lowest BCUT2D eigenvalue weighted by Gasteiger charge is -2.17. The number of rotatable bonds is 5. The molecule has 1 amide bonds. The summed E-state index contributed by atoms with van der Waals surface area (Å²) in [6.45, 7) is 1.89. The van der Waals surface area contributed by atoms with E-state index < -0.39 is 5.91 Å². The van der Waals surface area contributed by atoms with Gasteiger partial charge < -0.3 is 10.4 Å². The Labute approximate surface area is 127 Å². The van der Waals surface area contributed by atoms with Gasteiger partial charge in [0.05, 0.1) is 0 Å². The third kappa shape index (κ3) is 2.74. The summed E-state index contributed by atoms with van der Waals surface area (Å²) in [4.78, 5) is 29.1. The molecule has 3 rings (SSSR count). The van der Waals surface area contributed by atoms with Crippen LogP contribution in [0.5, 0.6) is 0 Å². The number of hydrogen-bond donors (Lipinski definition) is 2. The molecule has 0 aliphatic heterocycles. The lowest BCUT2D eigenvalue weighted by molar-refractivity contribution is 0.0922. The number of carbonyl (C=O) groups excluding carboxylic acids is 1. The first-order valence-electron chi connectivity index (χ1n) is 7.50. The number of carbonyl (C=O) groups is 1. The van der Waals surface area contributed by atoms with Gasteiger partial charge in [0.25, 0.3) is 11.5 Å². The quantitative estimate of drug-likeness (QED) is 0.859. The van der Waals surface area contributed by atoms with E-state index in [-0.39, 0.29) is 23.8 Å². The molecule has 1 saturated carbocycles. The number of aliphatic hydroxyl groups excluding tert-OH is 1. The molecule has 6 nitrogen and oxygen atoms in total. The molecule has 0 spiro atoms. The molecule has 0 radical (unpaired) electrons. The Bertz CT molecular complexity index is 765. The van der Waals surface area contributed by atoms with E-state index in [2.05, 4.69) is 10.3 Å². The number of aliphatic hydroxyl groups is 1. The third-order valence-corrected chi connectivity index (χ3v) is 4.12. The van der Waals surface area contributed by atoms with E-state index in [0.717, 1.165) is 18.4 Å². The molecule has 1 fully saturated rings. The lowest BCUT2D eigenvalue weighted by Crippen LogP contribution is -2.40. The third-order valence-electron chi connectivity index (χ3n) is 4.12. The van der Waals surface area contributed by atoms with Gasteiger partial charge >= 0.3 is 0 Å². The maximum absolute atomic E-state index is 12.5. The van der Waals surface area contributed by atoms with E-state index in [9.17, 15) is 9.59 Å². The molecule has 2 aromatic rings. The van der Waals surface area contributed by atoms with Crippen LogP contribution in [-0.2, 0) is 0 Å². The van der Waals surface area contributed by atoms with Crippen molar-refractivity contribution in [2.75, 3.05) is 6.61 Å². The minimum absolute atomic E-state index is 0.0234. The van der Waals surface area contributed by atoms with Crippen LogP contribution in [0.2, 0.25) is 0 Å². The minimum atomic E-state index is -0.418. The Kier molecular flexibility index (Phi) is 3.94. The first kappa shape index (κ1) is 14.7. The Morgan fingerprint density at radius 2 is 2.32 bits per heavy atom. The van der Waals surface area contributed by atoms with Gasteiger partial charge in [-0.25, -0.2) is 4.98 Å². The highest BCUT2D eigenvalue weighted by Gasteiger charge is 2.32. The molecule has 1 atom stereocenters. The number of pyridine rings is 1. The summed E-state index contributed by atoms with van der Waals surface area (Å²) in [6, 6.07) is 3.55. The molecule has 0 saturated heterocycles. The van der Waals surface area contributed by atoms with Gasteiger partial charge in [-0.3, -0.25) is 14.0 Å². The van der Waals surface area contributed by atoms with Crippen molar-refractivity contribution in [3.05, 3.63) is 46.0 Å². The molecule has 22 heavy (non-hydrogen) atoms. The maximum atomic E-state index is 12.5. The lowest BCUT2D eigenvalue weighted by atomic mass is 10.1. The van der Waals surface area contributed by atoms with Crippen molar-refractivity contribution < 1.29 is 9.90 Å². The largest absolute Gasteiger partial charge is 0.396 e. The maximum Gasteiger partial charge on any atom is 0.270 e. The summed E-state index contributed by atoms with van der Waals surface area (Å²) in [7, 11) is 0. The van der Waals surface area contributed by atoms with E-state index in [1.54, 1.807) is 12.3 Å². The van der Waals surface area contributed by atoms with Gasteiger partial charge in [-0.2, -0.15) is 0 Å². The van der Waals surface area contributed by atoms with Crippen LogP contribution in [0.3, 0.4) is 0 Å². The van der Waals surface area contributed by atoms with Gasteiger partial charge in [0.15, 0.2) is 0 Å². The van der Waals surface area contributed by atoms with Crippen molar-refractivity contribution in [3.8, 4) is 0 Å². The zero-order valence-electron chi connectivity index (χ0n) is 12.5. The Morgan fingerprint density at radius 1 is 1.55 bits per heavy atom. The van der Waals surface area contributed by atoms with Crippen LogP contribution in [0, 0.1) is 12.8 Å². The molecule has 2 heterocycles. The highest BCUT2D eigenvalue weighted by molar-refractivity contribution is 5.94. The van der Waals surface area contributed by atoms with Crippen LogP contribution in [0.1, 0.15) is 35.2 Å². The van der Waals surface area contributed by atoms with Gasteiger partial charge in [-0.15, -0.1) is 0 Å². The Hall–Kier alpha value is -2.21. The van der Waals surface area contributed by atoms with E-state index in [0.29, 0.717) is 18.0 Å². The predicted molar refractivity (Wildman–Crippen MR) is 81.9 cm³/mol. The van der Waals surface area contributed by atoms with Gasteiger partial charge in [0.2, 0.25) is 0 Å². The van der Waals surface area contributed by atoms with E-state index in [1.807, 2.05) is 13.0 Å². The number of nitrogens with zero attached hydrogens (tertiary/aromatic N) is 2. The van der Waals surface area contributed by atoms with Crippen LogP contribution in [0.15, 0.2) is 29.3 Å². The van der Waals surface area contributed by atoms with Crippen molar-refractivity contribution in [1.82, 2.24) is 14.7 Å². The van der Waals surface area contributed by atoms with Crippen molar-refractivity contribution in [2.45, 2.75) is 32.2 Å². The van der Waals surface area contributed by atoms with Crippen molar-refractivity contribution >= 4 is 11.6 Å². The summed E-state index contributed by atoms with van der Waals surface area (Å²) >= 11 is 0. The fourth-order valence-electron chi connectivity index (χ4n) is 2.71. The minimum Gasteiger partial charge on any atom is -0.396 e. The number of nitrogens with one attached hydrogen (secondary N) is 1. The number of aromatic nitrogens is 2. The van der Waals surface area contributed by atoms with Crippen LogP contribution >= 0.6 is 0 Å². The fourth-order valence-corrected chi connectivity index (χ4v) is 2.71. The molecule has 1 aliphatic carbocycles. The highest BCUT2D eigenvalue weighted by atomic mass is 16.3. The number of fused-ring (bicyclic) bond motifs is 1. The van der Waals surface area contributed by atoms with Gasteiger partial charge in [0.1, 0.15) is 11.2 Å². The van der Waals surface area contributed by atoms with E-state index >= 15 is 0 Å². The van der Waals surface area contributed by atoms with Crippen molar-refractivity contribution in [2.24, 2.45) is 5.92 Å². The van der Waals surface area contributed by atoms with Gasteiger partial charge in [0, 0.05) is 25.0 Å². The molecule has 2 aromatic heterocycles. The van der Waals surface area contributed by atoms with Crippen molar-refractivity contribution in [3.63, 3.8) is 0 Å². The average molecular weight is 301 g/mol. The molecule has 116 valence electrons. The number of aryl methyl sites for hydroxylation is 1. The second-order valence-electron chi connectivity index (χ2n) is 5.79. The van der Waals surface area contributed by atoms with Crippen molar-refractivity contribution in [1.29, 1.82) is 0 Å². The zero-order chi connectivity index (χ0) is 15.7. The molecular formula is C16H19N3O3. The zero-order valence-corrected chi connectivity index (χ0v) is 12.5. The molecule has 1 aliphatic rings. The second kappa shape index (κ2) is 5.88. The molecule has 0 bridgehead atoms. The van der Waals surface area contributed by atoms with E-state index in [4.69, 9.17) is 5.11 Å². The van der Waals surface area contributed by atoms with Gasteiger partial charge in [-0.1, -0.05) is 6.07 Å². The van der Waals surface area contributed by atoms with Crippen LogP contribution in [0.25, 0.3) is 5.65 Å². The summed E-state index contributed by atoms with van der Waals surface area (Å²) in [5, 5.41) is 12.0. The van der Waals surface area contributed by atoms with Crippen LogP contribution in [-0.4, -0.2) is 33.0 Å². The Morgan fingerprint density at radius 3 is 3.00 bits per heavy atom. The topological polar surface area (TPSA) is 83.7 Å². The first-order valence-corrected chi connectivity index (χ1v) is 7.50. The number of amides is 1. The average Bonchev–Trinajstić information content (AvgIpc) is 3.32. The standard InChI is InChI=1S/C16H19N3O3/c1-10-3-2-7-19-14(10)17-9-12(16(19)22)15(21)18-13(6-8-20)11-4-5-11/h2-3,7,9,11,13,20H,4-6,8H2,1H3,(H,18,21). The second-order valence-corrected chi connectivity index (χ2v) is 5.79. The molecule has 1 unspecified atom stereocenters. The number of hydrogen-bond acceptors (Lipinski definition) is 4. The highest BCUT2D eigenvalue weighted by Crippen LogP contribution is 2.33. The summed E-state index contributed by atoms with van der Waals surface area (Å²) in [5.41, 5.74) is 1.09. The molecule has 2 N–H and O–H groups in total. The smallest absolute Gasteiger partial charge is 0.270 e. The monoisotopic (exact) mass is 301 g/mol. The summed E-state index contributed by atoms with van der Waals surface area (Å²) in [6.07, 6.45) is 5.57. The Balaban J connectivity index is 1.91. The fraction of sp³-hybridized carbons (Fsp3) is 0.438. The van der Waals surface area contributed by atoms with Gasteiger partial charge in [-0.05, 0) is 43.7 Å². The summed E-state index contributed by atoms with van der Waals surface area (Å²) in [5.74, 6) is -0.00623.